The van der Waals surface area contributed by atoms with Gasteiger partial charge in [0.25, 0.3) is 0 Å². The number of piperidine rings is 1. The lowest BCUT2D eigenvalue weighted by atomic mass is 9.85. The van der Waals surface area contributed by atoms with Crippen molar-refractivity contribution in [2.24, 2.45) is 11.3 Å². The van der Waals surface area contributed by atoms with Gasteiger partial charge in [0, 0.05) is 12.5 Å². The molecule has 0 aromatic rings. The Morgan fingerprint density at radius 2 is 2.29 bits per heavy atom. The summed E-state index contributed by atoms with van der Waals surface area (Å²) in [6.07, 6.45) is 3.95. The molecule has 1 saturated carbocycles. The smallest absolute Gasteiger partial charge is 0.145 e. The van der Waals surface area contributed by atoms with Crippen LogP contribution in [0, 0.1) is 11.3 Å². The Morgan fingerprint density at radius 3 is 2.79 bits per heavy atom. The third kappa shape index (κ3) is 1.71. The molecule has 0 amide bonds. The summed E-state index contributed by atoms with van der Waals surface area (Å²) in [5.74, 6) is 0.509. The number of hydrogen-bond donors (Lipinski definition) is 1. The minimum absolute atomic E-state index is 0.0616. The predicted octanol–water partition coefficient (Wildman–Crippen LogP) is 0.670. The Labute approximate surface area is 85.1 Å². The van der Waals surface area contributed by atoms with Crippen LogP contribution in [0.15, 0.2) is 0 Å². The summed E-state index contributed by atoms with van der Waals surface area (Å²) in [4.78, 5) is 14.3. The van der Waals surface area contributed by atoms with Gasteiger partial charge in [-0.05, 0) is 39.3 Å². The number of carbonyl (C=O) groups excluding carboxylic acids is 1. The summed E-state index contributed by atoms with van der Waals surface area (Å²) < 4.78 is 0. The summed E-state index contributed by atoms with van der Waals surface area (Å²) in [6, 6.07) is 0. The van der Waals surface area contributed by atoms with Crippen LogP contribution in [0.4, 0.5) is 0 Å². The second-order valence-corrected chi connectivity index (χ2v) is 4.90. The lowest BCUT2D eigenvalue weighted by molar-refractivity contribution is -0.131. The van der Waals surface area contributed by atoms with Crippen LogP contribution in [0.25, 0.3) is 0 Å². The van der Waals surface area contributed by atoms with Gasteiger partial charge >= 0.3 is 0 Å². The zero-order valence-electron chi connectivity index (χ0n) is 8.83. The Balaban J connectivity index is 1.97. The van der Waals surface area contributed by atoms with E-state index in [2.05, 4.69) is 11.9 Å². The van der Waals surface area contributed by atoms with Crippen molar-refractivity contribution in [1.82, 2.24) is 4.90 Å². The maximum Gasteiger partial charge on any atom is 0.145 e. The first-order valence-corrected chi connectivity index (χ1v) is 5.52. The van der Waals surface area contributed by atoms with E-state index in [9.17, 15) is 9.90 Å². The van der Waals surface area contributed by atoms with E-state index in [1.54, 1.807) is 0 Å². The molecule has 2 rings (SSSR count). The predicted molar refractivity (Wildman–Crippen MR) is 54.0 cm³/mol. The second kappa shape index (κ2) is 3.63. The monoisotopic (exact) mass is 197 g/mol. The third-order valence-corrected chi connectivity index (χ3v) is 3.67. The highest BCUT2D eigenvalue weighted by Crippen LogP contribution is 2.48. The van der Waals surface area contributed by atoms with Crippen molar-refractivity contribution in [3.63, 3.8) is 0 Å². The highest BCUT2D eigenvalue weighted by molar-refractivity contribution is 5.89. The van der Waals surface area contributed by atoms with Crippen LogP contribution in [0.3, 0.4) is 0 Å². The van der Waals surface area contributed by atoms with Crippen LogP contribution < -0.4 is 0 Å². The van der Waals surface area contributed by atoms with E-state index in [1.165, 1.54) is 0 Å². The molecule has 3 nitrogen and oxygen atoms in total. The van der Waals surface area contributed by atoms with Gasteiger partial charge in [-0.25, -0.2) is 0 Å². The van der Waals surface area contributed by atoms with Crippen LogP contribution in [0.2, 0.25) is 0 Å². The average molecular weight is 197 g/mol. The van der Waals surface area contributed by atoms with Crippen molar-refractivity contribution in [3.05, 3.63) is 0 Å². The van der Waals surface area contributed by atoms with Crippen molar-refractivity contribution in [2.45, 2.75) is 25.7 Å². The molecule has 0 aromatic heterocycles. The zero-order valence-corrected chi connectivity index (χ0v) is 8.83. The maximum atomic E-state index is 12.1. The number of rotatable bonds is 3. The molecular formula is C11H19NO2. The van der Waals surface area contributed by atoms with Crippen LogP contribution >= 0.6 is 0 Å². The average Bonchev–Trinajstić information content (AvgIpc) is 2.97. The summed E-state index contributed by atoms with van der Waals surface area (Å²) in [7, 11) is 2.07. The summed E-state index contributed by atoms with van der Waals surface area (Å²) in [6.45, 7) is 2.06. The Bertz CT molecular complexity index is 235. The largest absolute Gasteiger partial charge is 0.395 e. The minimum atomic E-state index is -0.317. The fourth-order valence-corrected chi connectivity index (χ4v) is 2.45. The summed E-state index contributed by atoms with van der Waals surface area (Å²) >= 11 is 0. The van der Waals surface area contributed by atoms with Crippen molar-refractivity contribution < 1.29 is 9.90 Å². The minimum Gasteiger partial charge on any atom is -0.395 e. The third-order valence-electron chi connectivity index (χ3n) is 3.67. The van der Waals surface area contributed by atoms with E-state index in [4.69, 9.17) is 0 Å². The van der Waals surface area contributed by atoms with Crippen molar-refractivity contribution in [3.8, 4) is 0 Å². The normalized spacial score (nSPS) is 31.4. The molecule has 2 fully saturated rings. The lowest BCUT2D eigenvalue weighted by Gasteiger charge is -2.30. The number of carbonyl (C=O) groups is 1. The van der Waals surface area contributed by atoms with Gasteiger partial charge in [-0.2, -0.15) is 0 Å². The van der Waals surface area contributed by atoms with Crippen molar-refractivity contribution in [2.75, 3.05) is 26.7 Å². The fraction of sp³-hybridized carbons (Fsp3) is 0.909. The molecule has 14 heavy (non-hydrogen) atoms. The standard InChI is InChI=1S/C11H19NO2/c1-12-6-2-3-9(7-12)10(14)11(8-13)4-5-11/h9,13H,2-8H2,1H3. The van der Waals surface area contributed by atoms with E-state index < -0.39 is 0 Å². The molecule has 1 aliphatic heterocycles. The van der Waals surface area contributed by atoms with Crippen LogP contribution in [0.1, 0.15) is 25.7 Å². The number of aliphatic hydroxyl groups is 1. The van der Waals surface area contributed by atoms with Gasteiger partial charge in [0.05, 0.1) is 12.0 Å². The summed E-state index contributed by atoms with van der Waals surface area (Å²) in [5.41, 5.74) is -0.317. The molecule has 1 saturated heterocycles. The van der Waals surface area contributed by atoms with E-state index >= 15 is 0 Å². The van der Waals surface area contributed by atoms with Crippen LogP contribution in [0.5, 0.6) is 0 Å². The van der Waals surface area contributed by atoms with Gasteiger partial charge in [0.15, 0.2) is 0 Å². The molecule has 0 spiro atoms. The number of ketones is 1. The number of hydrogen-bond acceptors (Lipinski definition) is 3. The van der Waals surface area contributed by atoms with Gasteiger partial charge in [0.1, 0.15) is 5.78 Å². The fourth-order valence-electron chi connectivity index (χ4n) is 2.45. The molecule has 1 atom stereocenters. The van der Waals surface area contributed by atoms with Gasteiger partial charge < -0.3 is 10.0 Å². The lowest BCUT2D eigenvalue weighted by Crippen LogP contribution is -2.39. The highest BCUT2D eigenvalue weighted by atomic mass is 16.3. The molecule has 0 radical (unpaired) electrons. The Hall–Kier alpha value is -0.410. The van der Waals surface area contributed by atoms with Crippen LogP contribution in [-0.2, 0) is 4.79 Å². The SMILES string of the molecule is CN1CCCC(C(=O)C2(CO)CC2)C1. The first-order valence-electron chi connectivity index (χ1n) is 5.52. The first kappa shape index (κ1) is 10.1. The number of Topliss-reactive ketones (excluding diaryl/α,β-unsaturated/α-hetero) is 1. The quantitative estimate of drug-likeness (QED) is 0.723. The molecular weight excluding hydrogens is 178 g/mol. The van der Waals surface area contributed by atoms with Gasteiger partial charge in [-0.3, -0.25) is 4.79 Å². The van der Waals surface area contributed by atoms with Crippen molar-refractivity contribution >= 4 is 5.78 Å². The highest BCUT2D eigenvalue weighted by Gasteiger charge is 2.51. The molecule has 80 valence electrons. The number of likely N-dealkylation sites (tertiary alicyclic amines) is 1. The topological polar surface area (TPSA) is 40.5 Å². The van der Waals surface area contributed by atoms with Gasteiger partial charge in [0.2, 0.25) is 0 Å². The van der Waals surface area contributed by atoms with E-state index in [0.29, 0.717) is 5.78 Å². The second-order valence-electron chi connectivity index (χ2n) is 4.90. The van der Waals surface area contributed by atoms with Crippen molar-refractivity contribution in [1.29, 1.82) is 0 Å². The van der Waals surface area contributed by atoms with E-state index in [-0.39, 0.29) is 17.9 Å². The number of nitrogens with zero attached hydrogens (tertiary/aromatic N) is 1. The molecule has 0 aromatic carbocycles. The molecule has 2 aliphatic rings. The first-order chi connectivity index (χ1) is 6.68. The Kier molecular flexibility index (Phi) is 2.62. The molecule has 1 unspecified atom stereocenters. The molecule has 1 heterocycles. The molecule has 0 bridgehead atoms. The zero-order chi connectivity index (χ0) is 10.2. The molecule has 1 aliphatic carbocycles. The maximum absolute atomic E-state index is 12.1. The van der Waals surface area contributed by atoms with Gasteiger partial charge in [-0.1, -0.05) is 0 Å². The number of aliphatic hydroxyl groups excluding tert-OH is 1. The molecule has 3 heteroatoms. The molecule has 1 N–H and O–H groups in total. The van der Waals surface area contributed by atoms with Crippen LogP contribution in [-0.4, -0.2) is 42.5 Å². The van der Waals surface area contributed by atoms with E-state index in [1.807, 2.05) is 0 Å². The Morgan fingerprint density at radius 1 is 1.57 bits per heavy atom. The van der Waals surface area contributed by atoms with E-state index in [0.717, 1.165) is 38.8 Å². The summed E-state index contributed by atoms with van der Waals surface area (Å²) in [5, 5.41) is 9.19. The van der Waals surface area contributed by atoms with Gasteiger partial charge in [-0.15, -0.1) is 0 Å².